The second kappa shape index (κ2) is 23.8. The van der Waals surface area contributed by atoms with E-state index in [1.165, 1.54) is 13.8 Å². The van der Waals surface area contributed by atoms with Crippen LogP contribution in [0.25, 0.3) is 0 Å². The Hall–Kier alpha value is -0.811. The maximum Gasteiger partial charge on any atom is 0.161 e. The number of aliphatic hydroxyl groups is 4. The van der Waals surface area contributed by atoms with Crippen LogP contribution in [0.4, 0.5) is 0 Å². The molecular formula is C25H32O4Ti2. The van der Waals surface area contributed by atoms with E-state index < -0.39 is 18.0 Å². The van der Waals surface area contributed by atoms with Crippen molar-refractivity contribution >= 4 is 0 Å². The minimum atomic E-state index is -1.71. The summed E-state index contributed by atoms with van der Waals surface area (Å²) in [5, 5.41) is 33.9. The van der Waals surface area contributed by atoms with Gasteiger partial charge in [-0.1, -0.05) is 111 Å². The van der Waals surface area contributed by atoms with Gasteiger partial charge < -0.3 is 20.4 Å². The zero-order valence-electron chi connectivity index (χ0n) is 18.0. The molecule has 164 valence electrons. The van der Waals surface area contributed by atoms with Gasteiger partial charge in [0.15, 0.2) is 12.6 Å². The van der Waals surface area contributed by atoms with Gasteiger partial charge in [-0.25, -0.2) is 0 Å². The molecule has 4 radical (unpaired) electrons. The molecule has 0 bridgehead atoms. The molecule has 0 fully saturated rings. The fraction of sp³-hybridized carbons (Fsp3) is 0.200. The van der Waals surface area contributed by atoms with Gasteiger partial charge in [-0.2, -0.15) is 0 Å². The van der Waals surface area contributed by atoms with Crippen molar-refractivity contribution in [1.82, 2.24) is 0 Å². The van der Waals surface area contributed by atoms with Gasteiger partial charge >= 0.3 is 0 Å². The zero-order valence-corrected chi connectivity index (χ0v) is 21.1. The smallest absolute Gasteiger partial charge is 0.161 e. The molecule has 0 saturated carbocycles. The van der Waals surface area contributed by atoms with Crippen molar-refractivity contribution in [2.24, 2.45) is 5.41 Å². The number of aliphatic hydroxyl groups excluding tert-OH is 2. The third-order valence-corrected chi connectivity index (χ3v) is 3.55. The molecule has 6 heteroatoms. The fourth-order valence-electron chi connectivity index (χ4n) is 1.42. The van der Waals surface area contributed by atoms with Gasteiger partial charge in [-0.3, -0.25) is 0 Å². The summed E-state index contributed by atoms with van der Waals surface area (Å²) in [7, 11) is 0. The Kier molecular flexibility index (Phi) is 26.8. The first-order chi connectivity index (χ1) is 13.9. The molecule has 0 saturated heterocycles. The minimum Gasteiger partial charge on any atom is -0.367 e. The Bertz CT molecular complexity index is 500. The second-order valence-electron chi connectivity index (χ2n) is 6.42. The Labute approximate surface area is 217 Å². The van der Waals surface area contributed by atoms with Crippen molar-refractivity contribution in [3.05, 3.63) is 123 Å². The van der Waals surface area contributed by atoms with Crippen LogP contribution in [0.3, 0.4) is 0 Å². The van der Waals surface area contributed by atoms with Gasteiger partial charge in [0.05, 0.1) is 5.41 Å². The van der Waals surface area contributed by atoms with E-state index in [1.807, 2.05) is 123 Å². The van der Waals surface area contributed by atoms with E-state index >= 15 is 0 Å². The van der Waals surface area contributed by atoms with Crippen LogP contribution in [0, 0.1) is 31.1 Å². The predicted octanol–water partition coefficient (Wildman–Crippen LogP) is 3.90. The number of hydrogen-bond donors (Lipinski definition) is 4. The molecule has 4 N–H and O–H groups in total. The van der Waals surface area contributed by atoms with Gasteiger partial charge in [-0.05, 0) is 0 Å². The van der Waals surface area contributed by atoms with Crippen molar-refractivity contribution in [1.29, 1.82) is 0 Å². The third kappa shape index (κ3) is 22.2. The Morgan fingerprint density at radius 2 is 0.548 bits per heavy atom. The van der Waals surface area contributed by atoms with Crippen LogP contribution in [0.15, 0.2) is 97.2 Å². The Morgan fingerprint density at radius 3 is 0.581 bits per heavy atom. The van der Waals surface area contributed by atoms with Gasteiger partial charge in [-0.15, -0.1) is 0 Å². The van der Waals surface area contributed by atoms with Crippen LogP contribution < -0.4 is 0 Å². The predicted molar refractivity (Wildman–Crippen MR) is 121 cm³/mol. The Balaban J connectivity index is -0.000000317. The molecule has 0 atom stereocenters. The molecule has 0 unspecified atom stereocenters. The quantitative estimate of drug-likeness (QED) is 0.349. The van der Waals surface area contributed by atoms with Crippen LogP contribution in [0.2, 0.25) is 0 Å². The molecule has 0 heterocycles. The van der Waals surface area contributed by atoms with Crippen LogP contribution >= 0.6 is 0 Å². The summed E-state index contributed by atoms with van der Waals surface area (Å²) < 4.78 is 0. The van der Waals surface area contributed by atoms with Gasteiger partial charge in [0.25, 0.3) is 0 Å². The summed E-state index contributed by atoms with van der Waals surface area (Å²) >= 11 is 0. The van der Waals surface area contributed by atoms with E-state index in [9.17, 15) is 0 Å². The van der Waals surface area contributed by atoms with Crippen LogP contribution in [-0.2, 0) is 43.4 Å². The molecule has 4 nitrogen and oxygen atoms in total. The molecule has 4 rings (SSSR count). The summed E-state index contributed by atoms with van der Waals surface area (Å²) in [5.41, 5.74) is -1.28. The molecule has 0 aromatic carbocycles. The first-order valence-electron chi connectivity index (χ1n) is 9.28. The summed E-state index contributed by atoms with van der Waals surface area (Å²) in [5.74, 6) is 0. The van der Waals surface area contributed by atoms with Crippen LogP contribution in [0.1, 0.15) is 13.8 Å². The third-order valence-electron chi connectivity index (χ3n) is 3.55. The molecule has 31 heavy (non-hydrogen) atoms. The number of allylic oxidation sites excluding steroid dienone is 16. The average molecular weight is 492 g/mol. The number of hydrogen-bond acceptors (Lipinski definition) is 4. The van der Waals surface area contributed by atoms with Crippen molar-refractivity contribution in [3.63, 3.8) is 0 Å². The molecule has 4 aliphatic rings. The van der Waals surface area contributed by atoms with Crippen molar-refractivity contribution in [2.45, 2.75) is 26.4 Å². The standard InChI is InChI=1S/C5H12O4.4C5H5.2Ti/c1-5(2,3(6)7)4(8)9;4*1-2-4-5-3-1;;/h3-4,6-9H,1-2H3;4*1-5H;;. The van der Waals surface area contributed by atoms with Gasteiger partial charge in [0.1, 0.15) is 0 Å². The molecule has 0 aliphatic heterocycles. The minimum absolute atomic E-state index is 0. The van der Waals surface area contributed by atoms with Crippen molar-refractivity contribution < 1.29 is 63.9 Å². The Morgan fingerprint density at radius 1 is 0.387 bits per heavy atom. The van der Waals surface area contributed by atoms with Gasteiger partial charge in [0, 0.05) is 69.1 Å². The molecular weight excluding hydrogens is 460 g/mol. The fourth-order valence-corrected chi connectivity index (χ4v) is 1.42. The number of rotatable bonds is 2. The first kappa shape index (κ1) is 34.8. The zero-order chi connectivity index (χ0) is 21.8. The topological polar surface area (TPSA) is 80.9 Å². The van der Waals surface area contributed by atoms with Crippen LogP contribution in [-0.4, -0.2) is 33.0 Å². The van der Waals surface area contributed by atoms with E-state index in [1.54, 1.807) is 0 Å². The van der Waals surface area contributed by atoms with Crippen molar-refractivity contribution in [2.75, 3.05) is 0 Å². The molecule has 0 spiro atoms. The largest absolute Gasteiger partial charge is 0.367 e. The van der Waals surface area contributed by atoms with Crippen LogP contribution in [0.5, 0.6) is 0 Å². The molecule has 0 aromatic heterocycles. The average Bonchev–Trinajstić information content (AvgIpc) is 3.52. The molecule has 0 amide bonds. The summed E-state index contributed by atoms with van der Waals surface area (Å²) in [6.07, 6.45) is 36.6. The molecule has 0 aromatic rings. The van der Waals surface area contributed by atoms with E-state index in [4.69, 9.17) is 20.4 Å². The molecule has 4 aliphatic carbocycles. The van der Waals surface area contributed by atoms with E-state index in [-0.39, 0.29) is 43.4 Å². The monoisotopic (exact) mass is 492 g/mol. The first-order valence-corrected chi connectivity index (χ1v) is 9.28. The second-order valence-corrected chi connectivity index (χ2v) is 6.42. The van der Waals surface area contributed by atoms with Crippen molar-refractivity contribution in [3.8, 4) is 0 Å². The normalized spacial score (nSPS) is 15.2. The maximum atomic E-state index is 8.49. The summed E-state index contributed by atoms with van der Waals surface area (Å²) in [4.78, 5) is 0. The SMILES string of the molecule is CC(C)(C(O)O)C(O)O.[CH]1C=CC=C1.[CH]1C=CC=C1.[CH]1C=CC=C1.[CH]1C=CC=C1.[Ti].[Ti]. The van der Waals surface area contributed by atoms with E-state index in [2.05, 4.69) is 0 Å². The summed E-state index contributed by atoms with van der Waals surface area (Å²) in [6.45, 7) is 2.67. The summed E-state index contributed by atoms with van der Waals surface area (Å²) in [6, 6.07) is 0. The van der Waals surface area contributed by atoms with E-state index in [0.717, 1.165) is 0 Å². The van der Waals surface area contributed by atoms with Gasteiger partial charge in [0.2, 0.25) is 0 Å². The van der Waals surface area contributed by atoms with E-state index in [0.29, 0.717) is 0 Å². The maximum absolute atomic E-state index is 8.49.